The number of aryl methyl sites for hydroxylation is 1. The number of methoxy groups -OCH3 is 1. The Morgan fingerprint density at radius 1 is 1.47 bits per heavy atom. The number of H-pyrrole nitrogens is 1. The Hall–Kier alpha value is -0.830. The van der Waals surface area contributed by atoms with Gasteiger partial charge in [-0.15, -0.1) is 0 Å². The quantitative estimate of drug-likeness (QED) is 0.811. The molecule has 15 heavy (non-hydrogen) atoms. The Morgan fingerprint density at radius 2 is 2.20 bits per heavy atom. The first-order valence-electron chi connectivity index (χ1n) is 5.69. The van der Waals surface area contributed by atoms with Gasteiger partial charge >= 0.3 is 0 Å². The highest BCUT2D eigenvalue weighted by atomic mass is 16.5. The number of aromatic amines is 1. The maximum absolute atomic E-state index is 5.44. The normalized spacial score (nSPS) is 21.5. The van der Waals surface area contributed by atoms with E-state index in [4.69, 9.17) is 9.72 Å². The second-order valence-electron chi connectivity index (χ2n) is 4.96. The maximum atomic E-state index is 5.44. The van der Waals surface area contributed by atoms with Gasteiger partial charge in [0.1, 0.15) is 11.4 Å². The Labute approximate surface area is 91.3 Å². The maximum Gasteiger partial charge on any atom is 0.138 e. The molecule has 1 N–H and O–H groups in total. The molecule has 1 aliphatic rings. The number of nitrogens with zero attached hydrogens (tertiary/aromatic N) is 1. The first-order chi connectivity index (χ1) is 7.04. The third kappa shape index (κ3) is 1.81. The van der Waals surface area contributed by atoms with Gasteiger partial charge in [0.05, 0.1) is 5.69 Å². The molecule has 1 heterocycles. The van der Waals surface area contributed by atoms with Crippen LogP contribution in [0.3, 0.4) is 0 Å². The Kier molecular flexibility index (Phi) is 2.59. The van der Waals surface area contributed by atoms with Crippen LogP contribution in [0.1, 0.15) is 56.7 Å². The van der Waals surface area contributed by atoms with Crippen LogP contribution in [0.2, 0.25) is 0 Å². The van der Waals surface area contributed by atoms with Gasteiger partial charge in [-0.25, -0.2) is 4.98 Å². The van der Waals surface area contributed by atoms with Crippen molar-refractivity contribution in [2.75, 3.05) is 7.11 Å². The average molecular weight is 208 g/mol. The van der Waals surface area contributed by atoms with Gasteiger partial charge in [-0.2, -0.15) is 0 Å². The largest absolute Gasteiger partial charge is 0.371 e. The summed E-state index contributed by atoms with van der Waals surface area (Å²) in [5, 5.41) is 0. The van der Waals surface area contributed by atoms with Crippen molar-refractivity contribution in [3.05, 3.63) is 17.2 Å². The molecule has 84 valence electrons. The van der Waals surface area contributed by atoms with Crippen LogP contribution in [0, 0.1) is 0 Å². The van der Waals surface area contributed by atoms with Crippen molar-refractivity contribution in [3.8, 4) is 0 Å². The SMILES string of the molecule is COC(C)(C)c1nc2c([nH]1)CCCC2C. The van der Waals surface area contributed by atoms with E-state index in [0.717, 1.165) is 12.2 Å². The lowest BCUT2D eigenvalue weighted by molar-refractivity contribution is 0.0120. The van der Waals surface area contributed by atoms with Crippen LogP contribution in [0.15, 0.2) is 0 Å². The van der Waals surface area contributed by atoms with E-state index in [1.54, 1.807) is 7.11 Å². The van der Waals surface area contributed by atoms with Crippen molar-refractivity contribution in [2.24, 2.45) is 0 Å². The van der Waals surface area contributed by atoms with Gasteiger partial charge in [0.2, 0.25) is 0 Å². The number of hydrogen-bond donors (Lipinski definition) is 1. The third-order valence-corrected chi connectivity index (χ3v) is 3.42. The lowest BCUT2D eigenvalue weighted by atomic mass is 9.92. The van der Waals surface area contributed by atoms with Crippen LogP contribution in [-0.4, -0.2) is 17.1 Å². The number of imidazole rings is 1. The van der Waals surface area contributed by atoms with Crippen LogP contribution in [0.4, 0.5) is 0 Å². The summed E-state index contributed by atoms with van der Waals surface area (Å²) >= 11 is 0. The van der Waals surface area contributed by atoms with E-state index in [9.17, 15) is 0 Å². The minimum Gasteiger partial charge on any atom is -0.371 e. The van der Waals surface area contributed by atoms with E-state index in [-0.39, 0.29) is 5.60 Å². The van der Waals surface area contributed by atoms with Gasteiger partial charge in [-0.3, -0.25) is 0 Å². The summed E-state index contributed by atoms with van der Waals surface area (Å²) in [6, 6.07) is 0. The molecule has 3 heteroatoms. The molecule has 1 atom stereocenters. The molecule has 0 saturated heterocycles. The Balaban J connectivity index is 2.37. The molecule has 0 saturated carbocycles. The number of rotatable bonds is 2. The van der Waals surface area contributed by atoms with Crippen LogP contribution in [-0.2, 0) is 16.8 Å². The lowest BCUT2D eigenvalue weighted by Gasteiger charge is -2.19. The van der Waals surface area contributed by atoms with Crippen LogP contribution in [0.5, 0.6) is 0 Å². The van der Waals surface area contributed by atoms with Crippen molar-refractivity contribution in [3.63, 3.8) is 0 Å². The van der Waals surface area contributed by atoms with Gasteiger partial charge in [0.15, 0.2) is 0 Å². The van der Waals surface area contributed by atoms with Crippen LogP contribution in [0.25, 0.3) is 0 Å². The van der Waals surface area contributed by atoms with Crippen molar-refractivity contribution < 1.29 is 4.74 Å². The second-order valence-corrected chi connectivity index (χ2v) is 4.96. The number of nitrogens with one attached hydrogen (secondary N) is 1. The third-order valence-electron chi connectivity index (χ3n) is 3.42. The van der Waals surface area contributed by atoms with E-state index >= 15 is 0 Å². The Bertz CT molecular complexity index is 355. The molecule has 0 amide bonds. The van der Waals surface area contributed by atoms with E-state index in [1.807, 2.05) is 13.8 Å². The molecular formula is C12H20N2O. The van der Waals surface area contributed by atoms with Crippen molar-refractivity contribution in [1.82, 2.24) is 9.97 Å². The molecule has 0 bridgehead atoms. The second kappa shape index (κ2) is 3.63. The molecule has 0 aromatic carbocycles. The molecule has 0 spiro atoms. The molecule has 2 rings (SSSR count). The summed E-state index contributed by atoms with van der Waals surface area (Å²) in [7, 11) is 1.73. The number of fused-ring (bicyclic) bond motifs is 1. The summed E-state index contributed by atoms with van der Waals surface area (Å²) in [4.78, 5) is 8.11. The molecule has 1 aliphatic carbocycles. The van der Waals surface area contributed by atoms with E-state index in [2.05, 4.69) is 11.9 Å². The van der Waals surface area contributed by atoms with Gasteiger partial charge in [0, 0.05) is 18.7 Å². The van der Waals surface area contributed by atoms with Crippen molar-refractivity contribution in [2.45, 2.75) is 51.6 Å². The summed E-state index contributed by atoms with van der Waals surface area (Å²) < 4.78 is 5.44. The minimum absolute atomic E-state index is 0.308. The van der Waals surface area contributed by atoms with Gasteiger partial charge in [-0.1, -0.05) is 6.92 Å². The molecular weight excluding hydrogens is 188 g/mol. The zero-order valence-electron chi connectivity index (χ0n) is 10.1. The van der Waals surface area contributed by atoms with Gasteiger partial charge in [-0.05, 0) is 33.1 Å². The summed E-state index contributed by atoms with van der Waals surface area (Å²) in [5.41, 5.74) is 2.26. The first kappa shape index (κ1) is 10.7. The first-order valence-corrected chi connectivity index (χ1v) is 5.69. The van der Waals surface area contributed by atoms with Gasteiger partial charge in [0.25, 0.3) is 0 Å². The molecule has 0 radical (unpaired) electrons. The topological polar surface area (TPSA) is 37.9 Å². The molecule has 1 unspecified atom stereocenters. The highest BCUT2D eigenvalue weighted by molar-refractivity contribution is 5.23. The Morgan fingerprint density at radius 3 is 2.80 bits per heavy atom. The van der Waals surface area contributed by atoms with E-state index < -0.39 is 0 Å². The number of hydrogen-bond acceptors (Lipinski definition) is 2. The van der Waals surface area contributed by atoms with Crippen molar-refractivity contribution in [1.29, 1.82) is 0 Å². The fraction of sp³-hybridized carbons (Fsp3) is 0.750. The van der Waals surface area contributed by atoms with E-state index in [0.29, 0.717) is 5.92 Å². The van der Waals surface area contributed by atoms with Crippen LogP contribution >= 0.6 is 0 Å². The zero-order chi connectivity index (χ0) is 11.1. The number of ether oxygens (including phenoxy) is 1. The monoisotopic (exact) mass is 208 g/mol. The lowest BCUT2D eigenvalue weighted by Crippen LogP contribution is -2.21. The van der Waals surface area contributed by atoms with Gasteiger partial charge < -0.3 is 9.72 Å². The standard InChI is InChI=1S/C12H20N2O/c1-8-6-5-7-9-10(8)14-11(13-9)12(2,3)15-4/h8H,5-7H2,1-4H3,(H,13,14). The van der Waals surface area contributed by atoms with Crippen LogP contribution < -0.4 is 0 Å². The fourth-order valence-electron chi connectivity index (χ4n) is 2.12. The summed E-state index contributed by atoms with van der Waals surface area (Å²) in [6.45, 7) is 6.34. The molecule has 0 aliphatic heterocycles. The number of aromatic nitrogens is 2. The predicted molar refractivity (Wildman–Crippen MR) is 60.0 cm³/mol. The highest BCUT2D eigenvalue weighted by Crippen LogP contribution is 2.32. The highest BCUT2D eigenvalue weighted by Gasteiger charge is 2.28. The van der Waals surface area contributed by atoms with E-state index in [1.165, 1.54) is 24.2 Å². The summed E-state index contributed by atoms with van der Waals surface area (Å²) in [6.07, 6.45) is 3.65. The predicted octanol–water partition coefficient (Wildman–Crippen LogP) is 2.73. The fourth-order valence-corrected chi connectivity index (χ4v) is 2.12. The molecule has 1 aromatic heterocycles. The zero-order valence-corrected chi connectivity index (χ0v) is 10.1. The molecule has 0 fully saturated rings. The minimum atomic E-state index is -0.308. The molecule has 3 nitrogen and oxygen atoms in total. The molecule has 1 aromatic rings. The average Bonchev–Trinajstić information content (AvgIpc) is 2.64. The smallest absolute Gasteiger partial charge is 0.138 e. The summed E-state index contributed by atoms with van der Waals surface area (Å²) in [5.74, 6) is 1.55. The van der Waals surface area contributed by atoms with Crippen molar-refractivity contribution >= 4 is 0 Å².